The predicted molar refractivity (Wildman–Crippen MR) is 124 cm³/mol. The number of carboxylic acid groups (broad SMARTS) is 2. The Balaban J connectivity index is 3.84. The van der Waals surface area contributed by atoms with E-state index in [-0.39, 0.29) is 0 Å². The third-order valence-electron chi connectivity index (χ3n) is 5.45. The average molecular weight is 427 g/mol. The maximum absolute atomic E-state index is 11.5. The van der Waals surface area contributed by atoms with Gasteiger partial charge in [-0.25, -0.2) is 0 Å². The molecule has 5 N–H and O–H groups in total. The Morgan fingerprint density at radius 3 is 1.63 bits per heavy atom. The molecule has 0 heterocycles. The SMILES string of the molecule is CCCCCCCC/C=C\CCCCCCC(N[C@@H](CCCCN)C(=O)O)C(=O)O. The van der Waals surface area contributed by atoms with E-state index in [2.05, 4.69) is 24.4 Å². The van der Waals surface area contributed by atoms with Crippen LogP contribution in [0.25, 0.3) is 0 Å². The molecule has 0 aromatic rings. The first-order chi connectivity index (χ1) is 14.5. The zero-order valence-corrected chi connectivity index (χ0v) is 19.1. The third kappa shape index (κ3) is 17.5. The van der Waals surface area contributed by atoms with Gasteiger partial charge in [-0.05, 0) is 51.5 Å². The molecule has 176 valence electrons. The summed E-state index contributed by atoms with van der Waals surface area (Å²) in [6, 6.07) is -1.63. The second-order valence-electron chi connectivity index (χ2n) is 8.25. The van der Waals surface area contributed by atoms with Gasteiger partial charge in [-0.15, -0.1) is 0 Å². The number of carbonyl (C=O) groups is 2. The summed E-state index contributed by atoms with van der Waals surface area (Å²) in [5, 5.41) is 21.5. The number of unbranched alkanes of at least 4 members (excludes halogenated alkanes) is 11. The first-order valence-electron chi connectivity index (χ1n) is 12.1. The topological polar surface area (TPSA) is 113 Å². The molecule has 0 aliphatic carbocycles. The number of nitrogens with one attached hydrogen (secondary N) is 1. The van der Waals surface area contributed by atoms with Crippen molar-refractivity contribution in [3.63, 3.8) is 0 Å². The van der Waals surface area contributed by atoms with Crippen LogP contribution in [-0.4, -0.2) is 40.8 Å². The van der Waals surface area contributed by atoms with Gasteiger partial charge >= 0.3 is 11.9 Å². The highest BCUT2D eigenvalue weighted by Crippen LogP contribution is 2.11. The highest BCUT2D eigenvalue weighted by Gasteiger charge is 2.25. The van der Waals surface area contributed by atoms with E-state index >= 15 is 0 Å². The monoisotopic (exact) mass is 426 g/mol. The number of carboxylic acids is 2. The van der Waals surface area contributed by atoms with Crippen LogP contribution in [0, 0.1) is 0 Å². The molecule has 0 radical (unpaired) electrons. The van der Waals surface area contributed by atoms with E-state index in [0.717, 1.165) is 38.5 Å². The van der Waals surface area contributed by atoms with E-state index < -0.39 is 24.0 Å². The van der Waals surface area contributed by atoms with Crippen LogP contribution in [0.2, 0.25) is 0 Å². The minimum absolute atomic E-state index is 0.404. The second kappa shape index (κ2) is 20.9. The molecule has 0 rings (SSSR count). The number of aliphatic carboxylic acids is 2. The standard InChI is InChI=1S/C24H46N2O4/c1-2-3-4-5-6-7-8-9-10-11-12-13-14-15-18-21(23(27)28)26-22(24(29)30)19-16-17-20-25/h9-10,21-22,26H,2-8,11-20,25H2,1H3,(H,27,28)(H,29,30)/b10-9-/t21?,22-/m0/s1. The summed E-state index contributed by atoms with van der Waals surface area (Å²) in [5.41, 5.74) is 5.44. The zero-order chi connectivity index (χ0) is 22.5. The summed E-state index contributed by atoms with van der Waals surface area (Å²) < 4.78 is 0. The van der Waals surface area contributed by atoms with Crippen molar-refractivity contribution in [1.82, 2.24) is 5.32 Å². The second-order valence-corrected chi connectivity index (χ2v) is 8.25. The van der Waals surface area contributed by atoms with Crippen LogP contribution in [0.1, 0.15) is 110 Å². The molecule has 0 saturated heterocycles. The minimum atomic E-state index is -0.994. The van der Waals surface area contributed by atoms with Crippen molar-refractivity contribution in [2.75, 3.05) is 6.54 Å². The number of rotatable bonds is 22. The van der Waals surface area contributed by atoms with Crippen LogP contribution in [0.5, 0.6) is 0 Å². The number of nitrogens with two attached hydrogens (primary N) is 1. The maximum Gasteiger partial charge on any atom is 0.320 e. The van der Waals surface area contributed by atoms with Gasteiger partial charge in [0.2, 0.25) is 0 Å². The highest BCUT2D eigenvalue weighted by atomic mass is 16.4. The van der Waals surface area contributed by atoms with E-state index in [4.69, 9.17) is 5.73 Å². The maximum atomic E-state index is 11.5. The molecule has 0 aliphatic rings. The van der Waals surface area contributed by atoms with E-state index in [0.29, 0.717) is 25.8 Å². The average Bonchev–Trinajstić information content (AvgIpc) is 2.71. The number of hydrogen-bond donors (Lipinski definition) is 4. The Morgan fingerprint density at radius 2 is 1.17 bits per heavy atom. The molecule has 0 fully saturated rings. The normalized spacial score (nSPS) is 13.5. The Hall–Kier alpha value is -1.40. The first-order valence-corrected chi connectivity index (χ1v) is 12.1. The molecule has 0 bridgehead atoms. The van der Waals surface area contributed by atoms with Gasteiger partial charge in [-0.2, -0.15) is 0 Å². The van der Waals surface area contributed by atoms with Gasteiger partial charge in [0, 0.05) is 0 Å². The molecule has 0 spiro atoms. The molecule has 0 aromatic heterocycles. The van der Waals surface area contributed by atoms with Gasteiger partial charge in [0.05, 0.1) is 0 Å². The molecular formula is C24H46N2O4. The molecule has 6 nitrogen and oxygen atoms in total. The highest BCUT2D eigenvalue weighted by molar-refractivity contribution is 5.77. The fraction of sp³-hybridized carbons (Fsp3) is 0.833. The van der Waals surface area contributed by atoms with Gasteiger partial charge in [0.1, 0.15) is 12.1 Å². The summed E-state index contributed by atoms with van der Waals surface area (Å²) in [7, 11) is 0. The fourth-order valence-corrected chi connectivity index (χ4v) is 3.53. The summed E-state index contributed by atoms with van der Waals surface area (Å²) in [4.78, 5) is 22.8. The van der Waals surface area contributed by atoms with Crippen LogP contribution < -0.4 is 11.1 Å². The minimum Gasteiger partial charge on any atom is -0.480 e. The lowest BCUT2D eigenvalue weighted by Crippen LogP contribution is -2.47. The van der Waals surface area contributed by atoms with Crippen LogP contribution in [0.4, 0.5) is 0 Å². The van der Waals surface area contributed by atoms with E-state index in [1.54, 1.807) is 0 Å². The van der Waals surface area contributed by atoms with Gasteiger partial charge in [0.15, 0.2) is 0 Å². The molecule has 0 aliphatic heterocycles. The van der Waals surface area contributed by atoms with Crippen LogP contribution >= 0.6 is 0 Å². The van der Waals surface area contributed by atoms with Crippen molar-refractivity contribution >= 4 is 11.9 Å². The van der Waals surface area contributed by atoms with E-state index in [1.165, 1.54) is 44.9 Å². The molecule has 1 unspecified atom stereocenters. The molecule has 6 heteroatoms. The summed E-state index contributed by atoms with van der Waals surface area (Å²) in [6.45, 7) is 2.76. The number of allylic oxidation sites excluding steroid dienone is 2. The lowest BCUT2D eigenvalue weighted by atomic mass is 10.0. The van der Waals surface area contributed by atoms with Crippen LogP contribution in [0.15, 0.2) is 12.2 Å². The van der Waals surface area contributed by atoms with Gasteiger partial charge in [0.25, 0.3) is 0 Å². The Bertz CT molecular complexity index is 454. The Kier molecular flexibility index (Phi) is 19.9. The molecule has 2 atom stereocenters. The van der Waals surface area contributed by atoms with Crippen molar-refractivity contribution in [2.45, 2.75) is 122 Å². The molecule has 30 heavy (non-hydrogen) atoms. The van der Waals surface area contributed by atoms with Crippen molar-refractivity contribution in [3.05, 3.63) is 12.2 Å². The summed E-state index contributed by atoms with van der Waals surface area (Å²) >= 11 is 0. The Labute approximate surface area is 183 Å². The molecule has 0 saturated carbocycles. The zero-order valence-electron chi connectivity index (χ0n) is 19.1. The first kappa shape index (κ1) is 28.6. The van der Waals surface area contributed by atoms with Crippen LogP contribution in [0.3, 0.4) is 0 Å². The van der Waals surface area contributed by atoms with Gasteiger partial charge < -0.3 is 15.9 Å². The Morgan fingerprint density at radius 1 is 0.733 bits per heavy atom. The quantitative estimate of drug-likeness (QED) is 0.139. The number of hydrogen-bond acceptors (Lipinski definition) is 4. The van der Waals surface area contributed by atoms with Crippen molar-refractivity contribution < 1.29 is 19.8 Å². The summed E-state index contributed by atoms with van der Waals surface area (Å²) in [6.07, 6.45) is 21.1. The molecule has 0 amide bonds. The van der Waals surface area contributed by atoms with E-state index in [9.17, 15) is 19.8 Å². The molecule has 0 aromatic carbocycles. The van der Waals surface area contributed by atoms with Crippen molar-refractivity contribution in [3.8, 4) is 0 Å². The lowest BCUT2D eigenvalue weighted by molar-refractivity contribution is -0.142. The predicted octanol–water partition coefficient (Wildman–Crippen LogP) is 5.26. The lowest BCUT2D eigenvalue weighted by Gasteiger charge is -2.20. The molecular weight excluding hydrogens is 380 g/mol. The van der Waals surface area contributed by atoms with E-state index in [1.807, 2.05) is 0 Å². The van der Waals surface area contributed by atoms with Crippen molar-refractivity contribution in [2.24, 2.45) is 5.73 Å². The summed E-state index contributed by atoms with van der Waals surface area (Å²) in [5.74, 6) is -1.97. The van der Waals surface area contributed by atoms with Gasteiger partial charge in [-0.1, -0.05) is 76.9 Å². The van der Waals surface area contributed by atoms with Crippen LogP contribution in [-0.2, 0) is 9.59 Å². The smallest absolute Gasteiger partial charge is 0.320 e. The van der Waals surface area contributed by atoms with Gasteiger partial charge in [-0.3, -0.25) is 14.9 Å². The largest absolute Gasteiger partial charge is 0.480 e. The third-order valence-corrected chi connectivity index (χ3v) is 5.45. The fourth-order valence-electron chi connectivity index (χ4n) is 3.53. The van der Waals surface area contributed by atoms with Crippen molar-refractivity contribution in [1.29, 1.82) is 0 Å².